The zero-order chi connectivity index (χ0) is 17.9. The highest BCUT2D eigenvalue weighted by atomic mass is 32.2. The summed E-state index contributed by atoms with van der Waals surface area (Å²) in [5.74, 6) is -11.0. The number of carbonyl (C=O) groups is 1. The molecule has 128 valence electrons. The maximum atomic E-state index is 13.5. The molecule has 0 aromatic heterocycles. The number of halogens is 5. The Morgan fingerprint density at radius 3 is 2.21 bits per heavy atom. The van der Waals surface area contributed by atoms with Gasteiger partial charge >= 0.3 is 0 Å². The number of anilines is 1. The molecule has 0 aliphatic heterocycles. The van der Waals surface area contributed by atoms with Gasteiger partial charge in [-0.15, -0.1) is 11.8 Å². The van der Waals surface area contributed by atoms with Crippen molar-refractivity contribution in [1.29, 1.82) is 0 Å². The van der Waals surface area contributed by atoms with Crippen molar-refractivity contribution in [3.8, 4) is 5.75 Å². The number of ether oxygens (including phenoxy) is 1. The fraction of sp³-hybridized carbons (Fsp3) is 0.133. The lowest BCUT2D eigenvalue weighted by atomic mass is 10.3. The lowest BCUT2D eigenvalue weighted by Gasteiger charge is -2.09. The van der Waals surface area contributed by atoms with Crippen LogP contribution < -0.4 is 10.1 Å². The Labute approximate surface area is 137 Å². The minimum absolute atomic E-state index is 0.208. The molecule has 0 saturated carbocycles. The van der Waals surface area contributed by atoms with Crippen LogP contribution in [0.2, 0.25) is 0 Å². The summed E-state index contributed by atoms with van der Waals surface area (Å²) in [4.78, 5) is 10.7. The summed E-state index contributed by atoms with van der Waals surface area (Å²) < 4.78 is 71.0. The third-order valence-corrected chi connectivity index (χ3v) is 3.92. The highest BCUT2D eigenvalue weighted by Gasteiger charge is 2.26. The number of hydrogen-bond acceptors (Lipinski definition) is 3. The van der Waals surface area contributed by atoms with E-state index in [4.69, 9.17) is 4.74 Å². The van der Waals surface area contributed by atoms with E-state index in [0.717, 1.165) is 0 Å². The van der Waals surface area contributed by atoms with Gasteiger partial charge < -0.3 is 10.1 Å². The number of rotatable bonds is 5. The SMILES string of the molecule is COc1cccc(NC(=O)CSc2c(F)c(F)c(F)c(F)c2F)c1. The molecule has 2 rings (SSSR count). The molecule has 0 spiro atoms. The van der Waals surface area contributed by atoms with Gasteiger partial charge in [-0.05, 0) is 12.1 Å². The summed E-state index contributed by atoms with van der Waals surface area (Å²) >= 11 is 0.208. The first kappa shape index (κ1) is 18.1. The van der Waals surface area contributed by atoms with Crippen LogP contribution in [-0.2, 0) is 4.79 Å². The number of hydrogen-bond donors (Lipinski definition) is 1. The van der Waals surface area contributed by atoms with Gasteiger partial charge in [0, 0.05) is 11.8 Å². The van der Waals surface area contributed by atoms with E-state index in [-0.39, 0.29) is 11.8 Å². The van der Waals surface area contributed by atoms with Crippen molar-refractivity contribution in [3.63, 3.8) is 0 Å². The predicted molar refractivity (Wildman–Crippen MR) is 78.6 cm³/mol. The molecular formula is C15H10F5NO2S. The predicted octanol–water partition coefficient (Wildman–Crippen LogP) is 4.12. The van der Waals surface area contributed by atoms with E-state index in [2.05, 4.69) is 5.32 Å². The second kappa shape index (κ2) is 7.52. The van der Waals surface area contributed by atoms with Gasteiger partial charge in [0.05, 0.1) is 17.8 Å². The third kappa shape index (κ3) is 3.78. The molecule has 0 aliphatic rings. The van der Waals surface area contributed by atoms with Crippen LogP contribution in [0.15, 0.2) is 29.2 Å². The zero-order valence-electron chi connectivity index (χ0n) is 12.1. The first-order valence-corrected chi connectivity index (χ1v) is 7.41. The summed E-state index contributed by atoms with van der Waals surface area (Å²) in [6, 6.07) is 6.29. The number of methoxy groups -OCH3 is 1. The normalized spacial score (nSPS) is 10.6. The molecule has 0 atom stereocenters. The first-order chi connectivity index (χ1) is 11.3. The van der Waals surface area contributed by atoms with Gasteiger partial charge in [-0.25, -0.2) is 22.0 Å². The molecule has 2 aromatic rings. The van der Waals surface area contributed by atoms with Gasteiger partial charge in [0.15, 0.2) is 23.3 Å². The topological polar surface area (TPSA) is 38.3 Å². The number of benzene rings is 2. The standard InChI is InChI=1S/C15H10F5NO2S/c1-23-8-4-2-3-7(5-8)21-9(22)6-24-15-13(19)11(17)10(16)12(18)14(15)20/h2-5H,6H2,1H3,(H,21,22). The van der Waals surface area contributed by atoms with Gasteiger partial charge in [0.1, 0.15) is 5.75 Å². The summed E-state index contributed by atoms with van der Waals surface area (Å²) in [5.41, 5.74) is 0.359. The Morgan fingerprint density at radius 2 is 1.62 bits per heavy atom. The first-order valence-electron chi connectivity index (χ1n) is 6.43. The van der Waals surface area contributed by atoms with Crippen LogP contribution in [0.25, 0.3) is 0 Å². The number of nitrogens with one attached hydrogen (secondary N) is 1. The molecule has 2 aromatic carbocycles. The van der Waals surface area contributed by atoms with Crippen molar-refractivity contribution in [1.82, 2.24) is 0 Å². The van der Waals surface area contributed by atoms with Crippen LogP contribution in [0.4, 0.5) is 27.6 Å². The van der Waals surface area contributed by atoms with E-state index < -0.39 is 45.6 Å². The molecule has 0 fully saturated rings. The smallest absolute Gasteiger partial charge is 0.234 e. The molecule has 0 heterocycles. The van der Waals surface area contributed by atoms with Gasteiger partial charge in [0.25, 0.3) is 0 Å². The third-order valence-electron chi connectivity index (χ3n) is 2.87. The molecular weight excluding hydrogens is 353 g/mol. The second-order valence-corrected chi connectivity index (χ2v) is 5.45. The number of carbonyl (C=O) groups excluding carboxylic acids is 1. The lowest BCUT2D eigenvalue weighted by Crippen LogP contribution is -2.15. The minimum Gasteiger partial charge on any atom is -0.497 e. The molecule has 0 unspecified atom stereocenters. The minimum atomic E-state index is -2.24. The molecule has 0 radical (unpaired) electrons. The monoisotopic (exact) mass is 363 g/mol. The molecule has 0 bridgehead atoms. The van der Waals surface area contributed by atoms with Crippen molar-refractivity contribution in [2.75, 3.05) is 18.2 Å². The Hall–Kier alpha value is -2.29. The van der Waals surface area contributed by atoms with Gasteiger partial charge in [-0.3, -0.25) is 4.79 Å². The Kier molecular flexibility index (Phi) is 5.66. The Balaban J connectivity index is 2.09. The van der Waals surface area contributed by atoms with Crippen LogP contribution in [0.1, 0.15) is 0 Å². The van der Waals surface area contributed by atoms with Crippen LogP contribution in [0.5, 0.6) is 5.75 Å². The van der Waals surface area contributed by atoms with Gasteiger partial charge in [0.2, 0.25) is 11.7 Å². The summed E-state index contributed by atoms with van der Waals surface area (Å²) in [6.07, 6.45) is 0. The van der Waals surface area contributed by atoms with Crippen LogP contribution in [0, 0.1) is 29.1 Å². The zero-order valence-corrected chi connectivity index (χ0v) is 12.9. The maximum Gasteiger partial charge on any atom is 0.234 e. The van der Waals surface area contributed by atoms with Crippen molar-refractivity contribution < 1.29 is 31.5 Å². The van der Waals surface area contributed by atoms with Crippen LogP contribution in [0.3, 0.4) is 0 Å². The maximum absolute atomic E-state index is 13.5. The lowest BCUT2D eigenvalue weighted by molar-refractivity contribution is -0.113. The Bertz CT molecular complexity index is 756. The molecule has 9 heteroatoms. The van der Waals surface area contributed by atoms with E-state index in [1.54, 1.807) is 18.2 Å². The highest BCUT2D eigenvalue weighted by molar-refractivity contribution is 8.00. The number of thioether (sulfide) groups is 1. The Morgan fingerprint density at radius 1 is 1.04 bits per heavy atom. The van der Waals surface area contributed by atoms with Crippen molar-refractivity contribution in [2.24, 2.45) is 0 Å². The van der Waals surface area contributed by atoms with Gasteiger partial charge in [-0.2, -0.15) is 0 Å². The fourth-order valence-electron chi connectivity index (χ4n) is 1.75. The molecule has 1 N–H and O–H groups in total. The quantitative estimate of drug-likeness (QED) is 0.376. The van der Waals surface area contributed by atoms with Crippen molar-refractivity contribution >= 4 is 23.4 Å². The summed E-state index contributed by atoms with van der Waals surface area (Å²) in [7, 11) is 1.43. The van der Waals surface area contributed by atoms with E-state index in [1.165, 1.54) is 13.2 Å². The van der Waals surface area contributed by atoms with Crippen molar-refractivity contribution in [3.05, 3.63) is 53.4 Å². The van der Waals surface area contributed by atoms with Crippen LogP contribution in [-0.4, -0.2) is 18.8 Å². The van der Waals surface area contributed by atoms with E-state index in [9.17, 15) is 26.7 Å². The molecule has 24 heavy (non-hydrogen) atoms. The van der Waals surface area contributed by atoms with E-state index >= 15 is 0 Å². The summed E-state index contributed by atoms with van der Waals surface area (Å²) in [6.45, 7) is 0. The van der Waals surface area contributed by atoms with Crippen LogP contribution >= 0.6 is 11.8 Å². The average molecular weight is 363 g/mol. The van der Waals surface area contributed by atoms with E-state index in [1.807, 2.05) is 0 Å². The molecule has 0 saturated heterocycles. The van der Waals surface area contributed by atoms with Crippen molar-refractivity contribution in [2.45, 2.75) is 4.90 Å². The second-order valence-electron chi connectivity index (χ2n) is 4.47. The highest BCUT2D eigenvalue weighted by Crippen LogP contribution is 2.31. The van der Waals surface area contributed by atoms with E-state index in [0.29, 0.717) is 11.4 Å². The molecule has 0 aliphatic carbocycles. The largest absolute Gasteiger partial charge is 0.497 e. The molecule has 3 nitrogen and oxygen atoms in total. The average Bonchev–Trinajstić information content (AvgIpc) is 2.58. The number of amides is 1. The summed E-state index contributed by atoms with van der Waals surface area (Å²) in [5, 5.41) is 2.42. The fourth-order valence-corrected chi connectivity index (χ4v) is 2.53. The van der Waals surface area contributed by atoms with Gasteiger partial charge in [-0.1, -0.05) is 6.07 Å². The molecule has 1 amide bonds.